The fourth-order valence-corrected chi connectivity index (χ4v) is 2.67. The summed E-state index contributed by atoms with van der Waals surface area (Å²) in [5.74, 6) is 0.508. The molecule has 134 valence electrons. The SMILES string of the molecule is Cc1ccc(OC[C@@H](C)NC(=O)c2ccc(NS(C)(=O)=O)cc2)cc1. The molecule has 0 unspecified atom stereocenters. The van der Waals surface area contributed by atoms with E-state index >= 15 is 0 Å². The van der Waals surface area contributed by atoms with E-state index in [2.05, 4.69) is 10.0 Å². The van der Waals surface area contributed by atoms with Gasteiger partial charge in [0.15, 0.2) is 0 Å². The van der Waals surface area contributed by atoms with Crippen LogP contribution in [0.2, 0.25) is 0 Å². The number of ether oxygens (including phenoxy) is 1. The van der Waals surface area contributed by atoms with Gasteiger partial charge in [0.1, 0.15) is 12.4 Å². The highest BCUT2D eigenvalue weighted by atomic mass is 32.2. The van der Waals surface area contributed by atoms with Gasteiger partial charge in [0.2, 0.25) is 10.0 Å². The van der Waals surface area contributed by atoms with Crippen LogP contribution in [-0.4, -0.2) is 33.2 Å². The summed E-state index contributed by atoms with van der Waals surface area (Å²) in [4.78, 5) is 12.2. The zero-order valence-corrected chi connectivity index (χ0v) is 15.3. The predicted molar refractivity (Wildman–Crippen MR) is 98.5 cm³/mol. The van der Waals surface area contributed by atoms with Crippen molar-refractivity contribution < 1.29 is 17.9 Å². The van der Waals surface area contributed by atoms with Gasteiger partial charge >= 0.3 is 0 Å². The summed E-state index contributed by atoms with van der Waals surface area (Å²) >= 11 is 0. The molecule has 6 nitrogen and oxygen atoms in total. The Kier molecular flexibility index (Phi) is 6.03. The Morgan fingerprint density at radius 3 is 2.24 bits per heavy atom. The maximum atomic E-state index is 12.2. The minimum atomic E-state index is -3.33. The zero-order valence-electron chi connectivity index (χ0n) is 14.4. The van der Waals surface area contributed by atoms with E-state index in [0.29, 0.717) is 17.9 Å². The van der Waals surface area contributed by atoms with Crippen LogP contribution in [0.3, 0.4) is 0 Å². The molecule has 0 heterocycles. The van der Waals surface area contributed by atoms with Crippen LogP contribution in [0, 0.1) is 6.92 Å². The standard InChI is InChI=1S/C18H22N2O4S/c1-13-4-10-17(11-5-13)24-12-14(2)19-18(21)15-6-8-16(9-7-15)20-25(3,22)23/h4-11,14,20H,12H2,1-3H3,(H,19,21)/t14-/m1/s1. The molecule has 0 aliphatic rings. The summed E-state index contributed by atoms with van der Waals surface area (Å²) < 4.78 is 30.3. The van der Waals surface area contributed by atoms with Gasteiger partial charge in [0.25, 0.3) is 5.91 Å². The molecule has 0 saturated heterocycles. The number of rotatable bonds is 7. The zero-order chi connectivity index (χ0) is 18.4. The van der Waals surface area contributed by atoms with E-state index in [0.717, 1.165) is 17.6 Å². The second-order valence-corrected chi connectivity index (χ2v) is 7.70. The van der Waals surface area contributed by atoms with E-state index in [1.807, 2.05) is 38.1 Å². The van der Waals surface area contributed by atoms with Crippen molar-refractivity contribution in [1.82, 2.24) is 5.32 Å². The normalized spacial score (nSPS) is 12.3. The van der Waals surface area contributed by atoms with Crippen molar-refractivity contribution >= 4 is 21.6 Å². The van der Waals surface area contributed by atoms with Gasteiger partial charge in [-0.25, -0.2) is 8.42 Å². The van der Waals surface area contributed by atoms with Gasteiger partial charge in [-0.15, -0.1) is 0 Å². The molecular weight excluding hydrogens is 340 g/mol. The summed E-state index contributed by atoms with van der Waals surface area (Å²) in [5.41, 5.74) is 2.01. The lowest BCUT2D eigenvalue weighted by Gasteiger charge is -2.15. The van der Waals surface area contributed by atoms with Gasteiger partial charge in [0, 0.05) is 11.3 Å². The highest BCUT2D eigenvalue weighted by molar-refractivity contribution is 7.92. The third kappa shape index (κ3) is 6.46. The Balaban J connectivity index is 1.86. The Morgan fingerprint density at radius 2 is 1.68 bits per heavy atom. The molecule has 0 saturated carbocycles. The first kappa shape index (κ1) is 18.8. The molecule has 2 rings (SSSR count). The Labute approximate surface area is 148 Å². The van der Waals surface area contributed by atoms with Gasteiger partial charge < -0.3 is 10.1 Å². The van der Waals surface area contributed by atoms with Crippen molar-refractivity contribution in [2.45, 2.75) is 19.9 Å². The lowest BCUT2D eigenvalue weighted by Crippen LogP contribution is -2.36. The van der Waals surface area contributed by atoms with Crippen LogP contribution in [0.25, 0.3) is 0 Å². The van der Waals surface area contributed by atoms with E-state index in [4.69, 9.17) is 4.74 Å². The van der Waals surface area contributed by atoms with Crippen molar-refractivity contribution in [2.75, 3.05) is 17.6 Å². The van der Waals surface area contributed by atoms with E-state index in [1.54, 1.807) is 24.3 Å². The van der Waals surface area contributed by atoms with Gasteiger partial charge in [0.05, 0.1) is 12.3 Å². The number of amides is 1. The van der Waals surface area contributed by atoms with Gasteiger partial charge in [-0.3, -0.25) is 9.52 Å². The monoisotopic (exact) mass is 362 g/mol. The second kappa shape index (κ2) is 8.02. The molecular formula is C18H22N2O4S. The quantitative estimate of drug-likeness (QED) is 0.793. The molecule has 0 fully saturated rings. The van der Waals surface area contributed by atoms with Crippen LogP contribution < -0.4 is 14.8 Å². The van der Waals surface area contributed by atoms with Gasteiger partial charge in [-0.05, 0) is 50.2 Å². The minimum absolute atomic E-state index is 0.178. The predicted octanol–water partition coefficient (Wildman–Crippen LogP) is 2.56. The number of anilines is 1. The maximum Gasteiger partial charge on any atom is 0.251 e. The highest BCUT2D eigenvalue weighted by Crippen LogP contribution is 2.13. The number of nitrogens with one attached hydrogen (secondary N) is 2. The van der Waals surface area contributed by atoms with Crippen molar-refractivity contribution in [1.29, 1.82) is 0 Å². The molecule has 0 aromatic heterocycles. The fraction of sp³-hybridized carbons (Fsp3) is 0.278. The summed E-state index contributed by atoms with van der Waals surface area (Å²) in [6.45, 7) is 4.21. The van der Waals surface area contributed by atoms with E-state index in [1.165, 1.54) is 0 Å². The van der Waals surface area contributed by atoms with Crippen molar-refractivity contribution in [3.8, 4) is 5.75 Å². The first-order valence-corrected chi connectivity index (χ1v) is 9.70. The van der Waals surface area contributed by atoms with Gasteiger partial charge in [-0.1, -0.05) is 17.7 Å². The first-order chi connectivity index (χ1) is 11.7. The third-order valence-corrected chi connectivity index (χ3v) is 3.96. The molecule has 1 amide bonds. The molecule has 2 N–H and O–H groups in total. The van der Waals surface area contributed by atoms with Crippen LogP contribution in [0.4, 0.5) is 5.69 Å². The molecule has 0 radical (unpaired) electrons. The van der Waals surface area contributed by atoms with E-state index in [-0.39, 0.29) is 11.9 Å². The fourth-order valence-electron chi connectivity index (χ4n) is 2.11. The van der Waals surface area contributed by atoms with E-state index < -0.39 is 10.0 Å². The number of hydrogen-bond donors (Lipinski definition) is 2. The van der Waals surface area contributed by atoms with Gasteiger partial charge in [-0.2, -0.15) is 0 Å². The second-order valence-electron chi connectivity index (χ2n) is 5.95. The lowest BCUT2D eigenvalue weighted by molar-refractivity contribution is 0.0926. The molecule has 0 spiro atoms. The Hall–Kier alpha value is -2.54. The average Bonchev–Trinajstić information content (AvgIpc) is 2.53. The summed E-state index contributed by atoms with van der Waals surface area (Å²) in [5, 5.41) is 2.84. The summed E-state index contributed by atoms with van der Waals surface area (Å²) in [7, 11) is -3.33. The smallest absolute Gasteiger partial charge is 0.251 e. The molecule has 7 heteroatoms. The third-order valence-electron chi connectivity index (χ3n) is 3.35. The highest BCUT2D eigenvalue weighted by Gasteiger charge is 2.11. The first-order valence-electron chi connectivity index (χ1n) is 7.81. The molecule has 0 aliphatic carbocycles. The van der Waals surface area contributed by atoms with Crippen molar-refractivity contribution in [2.24, 2.45) is 0 Å². The number of carbonyl (C=O) groups excluding carboxylic acids is 1. The molecule has 0 bridgehead atoms. The van der Waals surface area contributed by atoms with Crippen LogP contribution in [0.1, 0.15) is 22.8 Å². The number of benzene rings is 2. The molecule has 25 heavy (non-hydrogen) atoms. The molecule has 1 atom stereocenters. The summed E-state index contributed by atoms with van der Waals surface area (Å²) in [6.07, 6.45) is 1.07. The molecule has 2 aromatic rings. The van der Waals surface area contributed by atoms with Crippen molar-refractivity contribution in [3.05, 3.63) is 59.7 Å². The average molecular weight is 362 g/mol. The topological polar surface area (TPSA) is 84.5 Å². The molecule has 2 aromatic carbocycles. The largest absolute Gasteiger partial charge is 0.491 e. The van der Waals surface area contributed by atoms with Crippen LogP contribution in [-0.2, 0) is 10.0 Å². The Bertz CT molecular complexity index is 815. The maximum absolute atomic E-state index is 12.2. The number of carbonyl (C=O) groups is 1. The minimum Gasteiger partial charge on any atom is -0.491 e. The molecule has 0 aliphatic heterocycles. The van der Waals surface area contributed by atoms with Crippen LogP contribution in [0.15, 0.2) is 48.5 Å². The van der Waals surface area contributed by atoms with Crippen molar-refractivity contribution in [3.63, 3.8) is 0 Å². The number of hydrogen-bond acceptors (Lipinski definition) is 4. The van der Waals surface area contributed by atoms with E-state index in [9.17, 15) is 13.2 Å². The Morgan fingerprint density at radius 1 is 1.08 bits per heavy atom. The number of aryl methyl sites for hydroxylation is 1. The lowest BCUT2D eigenvalue weighted by atomic mass is 10.2. The number of sulfonamides is 1. The van der Waals surface area contributed by atoms with Crippen LogP contribution >= 0.6 is 0 Å². The summed E-state index contributed by atoms with van der Waals surface area (Å²) in [6, 6.07) is 13.7. The van der Waals surface area contributed by atoms with Crippen LogP contribution in [0.5, 0.6) is 5.75 Å².